The molecule has 0 saturated heterocycles. The first kappa shape index (κ1) is 16.7. The van der Waals surface area contributed by atoms with Crippen molar-refractivity contribution in [2.24, 2.45) is 0 Å². The largest absolute Gasteiger partial charge is 0.497 e. The minimum absolute atomic E-state index is 0.359. The molecule has 0 aliphatic carbocycles. The van der Waals surface area contributed by atoms with Crippen molar-refractivity contribution in [2.45, 2.75) is 12.7 Å². The van der Waals surface area contributed by atoms with E-state index in [-0.39, 0.29) is 0 Å². The van der Waals surface area contributed by atoms with Crippen LogP contribution in [0.4, 0.5) is 0 Å². The molecule has 2 aromatic carbocycles. The van der Waals surface area contributed by atoms with Crippen LogP contribution in [0.25, 0.3) is 0 Å². The summed E-state index contributed by atoms with van der Waals surface area (Å²) in [5.41, 5.74) is 1.55. The van der Waals surface area contributed by atoms with Crippen molar-refractivity contribution < 1.29 is 33.7 Å². The van der Waals surface area contributed by atoms with Crippen LogP contribution < -0.4 is 4.74 Å². The van der Waals surface area contributed by atoms with Gasteiger partial charge in [0.2, 0.25) is 5.79 Å². The Labute approximate surface area is 142 Å². The van der Waals surface area contributed by atoms with E-state index in [0.717, 1.165) is 0 Å². The van der Waals surface area contributed by atoms with Gasteiger partial charge in [-0.25, -0.2) is 14.4 Å². The maximum absolute atomic E-state index is 11.3. The van der Waals surface area contributed by atoms with E-state index >= 15 is 0 Å². The smallest absolute Gasteiger partial charge is 0.346 e. The summed E-state index contributed by atoms with van der Waals surface area (Å²) < 4.78 is 14.1. The number of hydrogen-bond donors (Lipinski definition) is 1. The van der Waals surface area contributed by atoms with Gasteiger partial charge in [-0.2, -0.15) is 0 Å². The van der Waals surface area contributed by atoms with E-state index in [9.17, 15) is 19.5 Å². The molecule has 0 bridgehead atoms. The molecule has 2 aliphatic rings. The van der Waals surface area contributed by atoms with Crippen molar-refractivity contribution in [2.75, 3.05) is 7.11 Å². The summed E-state index contributed by atoms with van der Waals surface area (Å²) in [6.45, 7) is 1.43. The molecule has 4 rings (SSSR count). The summed E-state index contributed by atoms with van der Waals surface area (Å²) in [5, 5.41) is 9.74. The molecule has 2 aromatic rings. The van der Waals surface area contributed by atoms with Crippen LogP contribution in [-0.4, -0.2) is 30.1 Å². The lowest BCUT2D eigenvalue weighted by Crippen LogP contribution is -2.20. The van der Waals surface area contributed by atoms with Crippen molar-refractivity contribution in [1.82, 2.24) is 0 Å². The third-order valence-electron chi connectivity index (χ3n) is 3.79. The Morgan fingerprint density at radius 3 is 2.08 bits per heavy atom. The number of carbonyl (C=O) groups excluding carboxylic acids is 3. The molecule has 1 N–H and O–H groups in total. The first-order valence-electron chi connectivity index (χ1n) is 7.33. The highest BCUT2D eigenvalue weighted by molar-refractivity contribution is 6.14. The van der Waals surface area contributed by atoms with Crippen LogP contribution >= 0.6 is 0 Å². The molecular formula is C18H14O7. The van der Waals surface area contributed by atoms with Crippen LogP contribution in [-0.2, 0) is 15.3 Å². The van der Waals surface area contributed by atoms with Crippen LogP contribution in [0.15, 0.2) is 42.5 Å². The standard InChI is InChI=1S/C10H10O4.C8H4O3/c1-10(12)8-5-6(13-2)3-4-7(8)9(11)14-10;9-7-5-3-1-2-4-6(5)8(10)11-7/h3-5,12H,1-2H3;1-4H. The Balaban J connectivity index is 0.000000150. The van der Waals surface area contributed by atoms with Gasteiger partial charge in [-0.15, -0.1) is 0 Å². The molecule has 2 heterocycles. The maximum Gasteiger partial charge on any atom is 0.346 e. The second-order valence-electron chi connectivity index (χ2n) is 5.51. The monoisotopic (exact) mass is 342 g/mol. The Kier molecular flexibility index (Phi) is 4.02. The predicted molar refractivity (Wildman–Crippen MR) is 84.2 cm³/mol. The van der Waals surface area contributed by atoms with Gasteiger partial charge in [0, 0.05) is 12.5 Å². The van der Waals surface area contributed by atoms with Crippen LogP contribution in [0, 0.1) is 0 Å². The lowest BCUT2D eigenvalue weighted by molar-refractivity contribution is -0.147. The zero-order valence-electron chi connectivity index (χ0n) is 13.4. The molecule has 128 valence electrons. The van der Waals surface area contributed by atoms with Gasteiger partial charge in [-0.1, -0.05) is 12.1 Å². The van der Waals surface area contributed by atoms with Gasteiger partial charge in [-0.3, -0.25) is 0 Å². The second-order valence-corrected chi connectivity index (χ2v) is 5.51. The van der Waals surface area contributed by atoms with Gasteiger partial charge in [0.05, 0.1) is 23.8 Å². The third kappa shape index (κ3) is 2.97. The molecular weight excluding hydrogens is 328 g/mol. The summed E-state index contributed by atoms with van der Waals surface area (Å²) in [4.78, 5) is 32.9. The highest BCUT2D eigenvalue weighted by atomic mass is 16.7. The van der Waals surface area contributed by atoms with E-state index in [1.165, 1.54) is 14.0 Å². The number of cyclic esters (lactones) is 3. The Hall–Kier alpha value is -3.19. The van der Waals surface area contributed by atoms with Crippen molar-refractivity contribution >= 4 is 17.9 Å². The van der Waals surface area contributed by atoms with E-state index < -0.39 is 23.7 Å². The number of esters is 3. The van der Waals surface area contributed by atoms with Crippen molar-refractivity contribution in [3.8, 4) is 5.75 Å². The molecule has 1 atom stereocenters. The molecule has 2 aliphatic heterocycles. The number of fused-ring (bicyclic) bond motifs is 2. The molecule has 0 aromatic heterocycles. The normalized spacial score (nSPS) is 20.0. The minimum Gasteiger partial charge on any atom is -0.497 e. The predicted octanol–water partition coefficient (Wildman–Crippen LogP) is 2.03. The molecule has 0 fully saturated rings. The summed E-state index contributed by atoms with van der Waals surface area (Å²) in [7, 11) is 1.52. The summed E-state index contributed by atoms with van der Waals surface area (Å²) in [6, 6.07) is 11.4. The van der Waals surface area contributed by atoms with Gasteiger partial charge < -0.3 is 19.3 Å². The second kappa shape index (κ2) is 6.03. The van der Waals surface area contributed by atoms with Crippen molar-refractivity contribution in [3.63, 3.8) is 0 Å². The van der Waals surface area contributed by atoms with Crippen LogP contribution in [0.3, 0.4) is 0 Å². The third-order valence-corrected chi connectivity index (χ3v) is 3.79. The van der Waals surface area contributed by atoms with Crippen LogP contribution in [0.1, 0.15) is 43.6 Å². The number of benzene rings is 2. The average Bonchev–Trinajstić information content (AvgIpc) is 3.01. The molecule has 0 radical (unpaired) electrons. The number of aliphatic hydroxyl groups is 1. The summed E-state index contributed by atoms with van der Waals surface area (Å²) in [6.07, 6.45) is 0. The first-order chi connectivity index (χ1) is 11.8. The van der Waals surface area contributed by atoms with E-state index in [0.29, 0.717) is 28.0 Å². The SMILES string of the molecule is COc1ccc2c(c1)C(C)(O)OC2=O.O=C1OC(=O)c2ccccc21. The van der Waals surface area contributed by atoms with Gasteiger partial charge in [0.25, 0.3) is 0 Å². The zero-order valence-corrected chi connectivity index (χ0v) is 13.4. The van der Waals surface area contributed by atoms with Gasteiger partial charge in [0.1, 0.15) is 5.75 Å². The lowest BCUT2D eigenvalue weighted by atomic mass is 10.0. The number of rotatable bonds is 1. The topological polar surface area (TPSA) is 99.1 Å². The Morgan fingerprint density at radius 2 is 1.52 bits per heavy atom. The fraction of sp³-hybridized carbons (Fsp3) is 0.167. The molecule has 0 spiro atoms. The molecule has 0 amide bonds. The highest BCUT2D eigenvalue weighted by Gasteiger charge is 2.40. The zero-order chi connectivity index (χ0) is 18.2. The average molecular weight is 342 g/mol. The van der Waals surface area contributed by atoms with Crippen LogP contribution in [0.2, 0.25) is 0 Å². The van der Waals surface area contributed by atoms with Gasteiger partial charge in [-0.05, 0) is 30.3 Å². The van der Waals surface area contributed by atoms with E-state index in [4.69, 9.17) is 9.47 Å². The summed E-state index contributed by atoms with van der Waals surface area (Å²) in [5.74, 6) is -2.56. The Bertz CT molecular complexity index is 850. The van der Waals surface area contributed by atoms with Crippen LogP contribution in [0.5, 0.6) is 5.75 Å². The van der Waals surface area contributed by atoms with Gasteiger partial charge in [0.15, 0.2) is 0 Å². The number of carbonyl (C=O) groups is 3. The lowest BCUT2D eigenvalue weighted by Gasteiger charge is -2.15. The maximum atomic E-state index is 11.3. The molecule has 7 heteroatoms. The quantitative estimate of drug-likeness (QED) is 0.625. The Morgan fingerprint density at radius 1 is 0.920 bits per heavy atom. The van der Waals surface area contributed by atoms with E-state index in [1.54, 1.807) is 42.5 Å². The number of methoxy groups -OCH3 is 1. The van der Waals surface area contributed by atoms with E-state index in [2.05, 4.69) is 4.74 Å². The first-order valence-corrected chi connectivity index (χ1v) is 7.33. The molecule has 7 nitrogen and oxygen atoms in total. The van der Waals surface area contributed by atoms with E-state index in [1.807, 2.05) is 0 Å². The molecule has 25 heavy (non-hydrogen) atoms. The molecule has 0 saturated carbocycles. The van der Waals surface area contributed by atoms with Crippen molar-refractivity contribution in [3.05, 3.63) is 64.7 Å². The van der Waals surface area contributed by atoms with Crippen molar-refractivity contribution in [1.29, 1.82) is 0 Å². The fourth-order valence-electron chi connectivity index (χ4n) is 2.54. The fourth-order valence-corrected chi connectivity index (χ4v) is 2.54. The molecule has 1 unspecified atom stereocenters. The van der Waals surface area contributed by atoms with Gasteiger partial charge >= 0.3 is 17.9 Å². The minimum atomic E-state index is -1.54. The number of hydrogen-bond acceptors (Lipinski definition) is 7. The number of ether oxygens (including phenoxy) is 3. The summed E-state index contributed by atoms with van der Waals surface area (Å²) >= 11 is 0. The highest BCUT2D eigenvalue weighted by Crippen LogP contribution is 2.35.